The normalized spacial score (nSPS) is 25.2. The van der Waals surface area contributed by atoms with E-state index in [0.29, 0.717) is 11.6 Å². The van der Waals surface area contributed by atoms with E-state index in [1.54, 1.807) is 0 Å². The Balaban J connectivity index is 1.74. The SMILES string of the molecule is CC1CCCCC1CNCC(O)c1ccc(Cl)cc1. The summed E-state index contributed by atoms with van der Waals surface area (Å²) in [5, 5.41) is 14.2. The lowest BCUT2D eigenvalue weighted by molar-refractivity contribution is 0.165. The molecule has 2 N–H and O–H groups in total. The predicted octanol–water partition coefficient (Wildman–Crippen LogP) is 3.79. The molecule has 0 radical (unpaired) electrons. The minimum absolute atomic E-state index is 0.448. The van der Waals surface area contributed by atoms with Crippen LogP contribution in [0.1, 0.15) is 44.3 Å². The standard InChI is InChI=1S/C16H24ClNO/c1-12-4-2-3-5-14(12)10-18-11-16(19)13-6-8-15(17)9-7-13/h6-9,12,14,16,18-19H,2-5,10-11H2,1H3. The molecule has 1 aliphatic carbocycles. The first-order chi connectivity index (χ1) is 9.16. The fraction of sp³-hybridized carbons (Fsp3) is 0.625. The molecule has 1 saturated carbocycles. The van der Waals surface area contributed by atoms with Crippen LogP contribution < -0.4 is 5.32 Å². The van der Waals surface area contributed by atoms with Gasteiger partial charge in [0, 0.05) is 11.6 Å². The third kappa shape index (κ3) is 4.48. The van der Waals surface area contributed by atoms with Gasteiger partial charge in [0.05, 0.1) is 6.10 Å². The number of halogens is 1. The monoisotopic (exact) mass is 281 g/mol. The van der Waals surface area contributed by atoms with Crippen LogP contribution in [0.4, 0.5) is 0 Å². The highest BCUT2D eigenvalue weighted by Crippen LogP contribution is 2.28. The molecule has 0 saturated heterocycles. The number of nitrogens with one attached hydrogen (secondary N) is 1. The molecule has 0 bridgehead atoms. The van der Waals surface area contributed by atoms with Crippen molar-refractivity contribution in [3.63, 3.8) is 0 Å². The Kier molecular flexibility index (Phi) is 5.68. The molecule has 1 aromatic carbocycles. The van der Waals surface area contributed by atoms with Crippen molar-refractivity contribution in [2.24, 2.45) is 11.8 Å². The molecule has 2 rings (SSSR count). The van der Waals surface area contributed by atoms with E-state index in [-0.39, 0.29) is 0 Å². The summed E-state index contributed by atoms with van der Waals surface area (Å²) >= 11 is 5.84. The molecule has 0 aromatic heterocycles. The molecule has 19 heavy (non-hydrogen) atoms. The first kappa shape index (κ1) is 14.8. The molecular formula is C16H24ClNO. The molecule has 3 heteroatoms. The van der Waals surface area contributed by atoms with Crippen LogP contribution in [0.3, 0.4) is 0 Å². The number of aliphatic hydroxyl groups is 1. The highest BCUT2D eigenvalue weighted by molar-refractivity contribution is 6.30. The topological polar surface area (TPSA) is 32.3 Å². The number of benzene rings is 1. The Bertz CT molecular complexity index is 379. The van der Waals surface area contributed by atoms with Gasteiger partial charge in [-0.2, -0.15) is 0 Å². The summed E-state index contributed by atoms with van der Waals surface area (Å²) in [5.74, 6) is 1.58. The second-order valence-corrected chi connectivity index (χ2v) is 6.18. The van der Waals surface area contributed by atoms with Crippen LogP contribution in [0.2, 0.25) is 5.02 Å². The first-order valence-electron chi connectivity index (χ1n) is 7.31. The Morgan fingerprint density at radius 2 is 1.95 bits per heavy atom. The number of rotatable bonds is 5. The highest BCUT2D eigenvalue weighted by atomic mass is 35.5. The second-order valence-electron chi connectivity index (χ2n) is 5.75. The number of hydrogen-bond acceptors (Lipinski definition) is 2. The number of hydrogen-bond donors (Lipinski definition) is 2. The van der Waals surface area contributed by atoms with Gasteiger partial charge in [-0.05, 0) is 42.5 Å². The van der Waals surface area contributed by atoms with E-state index >= 15 is 0 Å². The van der Waals surface area contributed by atoms with Crippen molar-refractivity contribution in [1.29, 1.82) is 0 Å². The summed E-state index contributed by atoms with van der Waals surface area (Å²) in [6, 6.07) is 7.42. The van der Waals surface area contributed by atoms with E-state index in [2.05, 4.69) is 12.2 Å². The maximum atomic E-state index is 10.1. The van der Waals surface area contributed by atoms with Crippen molar-refractivity contribution in [2.75, 3.05) is 13.1 Å². The van der Waals surface area contributed by atoms with Crippen LogP contribution in [0, 0.1) is 11.8 Å². The molecule has 0 heterocycles. The molecule has 0 spiro atoms. The van der Waals surface area contributed by atoms with Gasteiger partial charge in [0.15, 0.2) is 0 Å². The van der Waals surface area contributed by atoms with Gasteiger partial charge in [0.1, 0.15) is 0 Å². The summed E-state index contributed by atoms with van der Waals surface area (Å²) < 4.78 is 0. The Hall–Kier alpha value is -0.570. The van der Waals surface area contributed by atoms with Crippen molar-refractivity contribution in [3.05, 3.63) is 34.9 Å². The van der Waals surface area contributed by atoms with Crippen molar-refractivity contribution < 1.29 is 5.11 Å². The summed E-state index contributed by atoms with van der Waals surface area (Å²) in [7, 11) is 0. The van der Waals surface area contributed by atoms with Gasteiger partial charge in [-0.15, -0.1) is 0 Å². The molecule has 106 valence electrons. The minimum atomic E-state index is -0.448. The van der Waals surface area contributed by atoms with Crippen LogP contribution in [0.15, 0.2) is 24.3 Å². The van der Waals surface area contributed by atoms with E-state index in [1.807, 2.05) is 24.3 Å². The van der Waals surface area contributed by atoms with Crippen LogP contribution in [0.5, 0.6) is 0 Å². The fourth-order valence-electron chi connectivity index (χ4n) is 2.90. The van der Waals surface area contributed by atoms with Gasteiger partial charge in [-0.3, -0.25) is 0 Å². The van der Waals surface area contributed by atoms with E-state index in [9.17, 15) is 5.11 Å². The zero-order chi connectivity index (χ0) is 13.7. The lowest BCUT2D eigenvalue weighted by Crippen LogP contribution is -2.31. The van der Waals surface area contributed by atoms with E-state index < -0.39 is 6.10 Å². The summed E-state index contributed by atoms with van der Waals surface area (Å²) in [6.45, 7) is 3.98. The van der Waals surface area contributed by atoms with E-state index in [4.69, 9.17) is 11.6 Å². The van der Waals surface area contributed by atoms with Gasteiger partial charge in [-0.1, -0.05) is 49.9 Å². The molecule has 1 aromatic rings. The predicted molar refractivity (Wildman–Crippen MR) is 80.4 cm³/mol. The molecule has 2 nitrogen and oxygen atoms in total. The lowest BCUT2D eigenvalue weighted by atomic mass is 9.80. The first-order valence-corrected chi connectivity index (χ1v) is 7.69. The van der Waals surface area contributed by atoms with Crippen LogP contribution in [0.25, 0.3) is 0 Å². The van der Waals surface area contributed by atoms with Crippen LogP contribution >= 0.6 is 11.6 Å². The van der Waals surface area contributed by atoms with Crippen LogP contribution in [-0.2, 0) is 0 Å². The van der Waals surface area contributed by atoms with Gasteiger partial charge in [-0.25, -0.2) is 0 Å². The third-order valence-corrected chi connectivity index (χ3v) is 4.54. The van der Waals surface area contributed by atoms with E-state index in [0.717, 1.165) is 23.9 Å². The quantitative estimate of drug-likeness (QED) is 0.861. The van der Waals surface area contributed by atoms with Gasteiger partial charge in [0.2, 0.25) is 0 Å². The Morgan fingerprint density at radius 1 is 1.26 bits per heavy atom. The average Bonchev–Trinajstić information content (AvgIpc) is 2.41. The van der Waals surface area contributed by atoms with E-state index in [1.165, 1.54) is 25.7 Å². The lowest BCUT2D eigenvalue weighted by Gasteiger charge is -2.29. The Labute approximate surface area is 121 Å². The molecule has 3 atom stereocenters. The maximum absolute atomic E-state index is 10.1. The van der Waals surface area contributed by atoms with Crippen LogP contribution in [-0.4, -0.2) is 18.2 Å². The third-order valence-electron chi connectivity index (χ3n) is 4.29. The second kappa shape index (κ2) is 7.28. The van der Waals surface area contributed by atoms with Crippen molar-refractivity contribution >= 4 is 11.6 Å². The summed E-state index contributed by atoms with van der Waals surface area (Å²) in [4.78, 5) is 0. The molecule has 3 unspecified atom stereocenters. The van der Waals surface area contributed by atoms with Crippen molar-refractivity contribution in [1.82, 2.24) is 5.32 Å². The molecule has 1 fully saturated rings. The Morgan fingerprint density at radius 3 is 2.63 bits per heavy atom. The molecule has 0 aliphatic heterocycles. The minimum Gasteiger partial charge on any atom is -0.387 e. The zero-order valence-corrected chi connectivity index (χ0v) is 12.4. The summed E-state index contributed by atoms with van der Waals surface area (Å²) in [5.41, 5.74) is 0.925. The van der Waals surface area contributed by atoms with Gasteiger partial charge >= 0.3 is 0 Å². The van der Waals surface area contributed by atoms with Crippen molar-refractivity contribution in [2.45, 2.75) is 38.7 Å². The molecule has 1 aliphatic rings. The maximum Gasteiger partial charge on any atom is 0.0914 e. The largest absolute Gasteiger partial charge is 0.387 e. The molecule has 0 amide bonds. The van der Waals surface area contributed by atoms with Gasteiger partial charge in [0.25, 0.3) is 0 Å². The fourth-order valence-corrected chi connectivity index (χ4v) is 3.03. The number of aliphatic hydroxyl groups excluding tert-OH is 1. The average molecular weight is 282 g/mol. The molecular weight excluding hydrogens is 258 g/mol. The smallest absolute Gasteiger partial charge is 0.0914 e. The highest BCUT2D eigenvalue weighted by Gasteiger charge is 2.20. The summed E-state index contributed by atoms with van der Waals surface area (Å²) in [6.07, 6.45) is 4.97. The van der Waals surface area contributed by atoms with Crippen molar-refractivity contribution in [3.8, 4) is 0 Å². The van der Waals surface area contributed by atoms with Gasteiger partial charge < -0.3 is 10.4 Å². The zero-order valence-electron chi connectivity index (χ0n) is 11.6.